The number of ether oxygens (including phenoxy) is 1. The SMILES string of the molecule is CC1CCCC(OC[C@H](O)CN2CCCCC2)C1. The average molecular weight is 255 g/mol. The van der Waals surface area contributed by atoms with E-state index in [0.29, 0.717) is 12.7 Å². The third-order valence-corrected chi connectivity index (χ3v) is 4.33. The Bertz CT molecular complexity index is 229. The van der Waals surface area contributed by atoms with Crippen molar-refractivity contribution in [1.29, 1.82) is 0 Å². The molecule has 3 atom stereocenters. The summed E-state index contributed by atoms with van der Waals surface area (Å²) in [6.07, 6.45) is 9.00. The molecule has 2 aliphatic rings. The Balaban J connectivity index is 1.60. The fourth-order valence-corrected chi connectivity index (χ4v) is 3.27. The third kappa shape index (κ3) is 4.87. The van der Waals surface area contributed by atoms with Crippen LogP contribution in [0.4, 0.5) is 0 Å². The van der Waals surface area contributed by atoms with Gasteiger partial charge in [0.15, 0.2) is 0 Å². The molecule has 3 nitrogen and oxygen atoms in total. The largest absolute Gasteiger partial charge is 0.389 e. The van der Waals surface area contributed by atoms with Gasteiger partial charge in [-0.05, 0) is 44.7 Å². The van der Waals surface area contributed by atoms with E-state index in [4.69, 9.17) is 4.74 Å². The molecule has 0 spiro atoms. The number of likely N-dealkylation sites (tertiary alicyclic amines) is 1. The quantitative estimate of drug-likeness (QED) is 0.819. The Morgan fingerprint density at radius 1 is 1.17 bits per heavy atom. The van der Waals surface area contributed by atoms with Crippen LogP contribution in [-0.2, 0) is 4.74 Å². The Morgan fingerprint density at radius 3 is 2.67 bits per heavy atom. The standard InChI is InChI=1S/C15H29NO2/c1-13-6-5-7-15(10-13)18-12-14(17)11-16-8-3-2-4-9-16/h13-15,17H,2-12H2,1H3/t13?,14-,15?/m1/s1. The van der Waals surface area contributed by atoms with Gasteiger partial charge in [0.05, 0.1) is 18.8 Å². The van der Waals surface area contributed by atoms with Crippen LogP contribution in [0.3, 0.4) is 0 Å². The summed E-state index contributed by atoms with van der Waals surface area (Å²) >= 11 is 0. The summed E-state index contributed by atoms with van der Waals surface area (Å²) in [6, 6.07) is 0. The highest BCUT2D eigenvalue weighted by atomic mass is 16.5. The Morgan fingerprint density at radius 2 is 1.94 bits per heavy atom. The predicted molar refractivity (Wildman–Crippen MR) is 73.7 cm³/mol. The van der Waals surface area contributed by atoms with Crippen LogP contribution in [-0.4, -0.2) is 48.5 Å². The van der Waals surface area contributed by atoms with Gasteiger partial charge in [-0.3, -0.25) is 0 Å². The van der Waals surface area contributed by atoms with Crippen molar-refractivity contribution in [1.82, 2.24) is 4.90 Å². The van der Waals surface area contributed by atoms with Gasteiger partial charge in [0.1, 0.15) is 0 Å². The minimum atomic E-state index is -0.305. The molecule has 0 aromatic rings. The van der Waals surface area contributed by atoms with Crippen molar-refractivity contribution in [3.8, 4) is 0 Å². The molecule has 0 aromatic heterocycles. The maximum atomic E-state index is 10.0. The third-order valence-electron chi connectivity index (χ3n) is 4.33. The van der Waals surface area contributed by atoms with Crippen molar-refractivity contribution in [2.45, 2.75) is 64.1 Å². The number of β-amino-alcohol motifs (C(OH)–C–C–N with tert-alkyl or cyclic N) is 1. The predicted octanol–water partition coefficient (Wildman–Crippen LogP) is 2.43. The fourth-order valence-electron chi connectivity index (χ4n) is 3.27. The summed E-state index contributed by atoms with van der Waals surface area (Å²) in [5, 5.41) is 10.0. The molecule has 0 aromatic carbocycles. The molecular weight excluding hydrogens is 226 g/mol. The van der Waals surface area contributed by atoms with E-state index in [1.54, 1.807) is 0 Å². The minimum Gasteiger partial charge on any atom is -0.389 e. The van der Waals surface area contributed by atoms with Gasteiger partial charge in [0, 0.05) is 6.54 Å². The number of hydrogen-bond acceptors (Lipinski definition) is 3. The normalized spacial score (nSPS) is 32.3. The fraction of sp³-hybridized carbons (Fsp3) is 1.00. The summed E-state index contributed by atoms with van der Waals surface area (Å²) in [7, 11) is 0. The molecule has 0 amide bonds. The molecule has 1 saturated heterocycles. The first-order valence-electron chi connectivity index (χ1n) is 7.76. The van der Waals surface area contributed by atoms with Crippen LogP contribution in [0.1, 0.15) is 51.9 Å². The Kier molecular flexibility index (Phi) is 5.93. The van der Waals surface area contributed by atoms with Crippen molar-refractivity contribution in [3.05, 3.63) is 0 Å². The van der Waals surface area contributed by atoms with Crippen molar-refractivity contribution in [3.63, 3.8) is 0 Å². The van der Waals surface area contributed by atoms with Crippen molar-refractivity contribution < 1.29 is 9.84 Å². The summed E-state index contributed by atoms with van der Waals surface area (Å²) in [5.41, 5.74) is 0. The maximum absolute atomic E-state index is 10.0. The van der Waals surface area contributed by atoms with Gasteiger partial charge in [-0.2, -0.15) is 0 Å². The lowest BCUT2D eigenvalue weighted by Gasteiger charge is -2.30. The van der Waals surface area contributed by atoms with Crippen LogP contribution in [0, 0.1) is 5.92 Å². The molecule has 106 valence electrons. The van der Waals surface area contributed by atoms with E-state index >= 15 is 0 Å². The maximum Gasteiger partial charge on any atom is 0.0900 e. The highest BCUT2D eigenvalue weighted by Crippen LogP contribution is 2.25. The molecule has 1 aliphatic heterocycles. The second-order valence-electron chi connectivity index (χ2n) is 6.24. The van der Waals surface area contributed by atoms with E-state index in [1.165, 1.54) is 44.9 Å². The lowest BCUT2D eigenvalue weighted by molar-refractivity contribution is -0.0410. The van der Waals surface area contributed by atoms with Gasteiger partial charge in [0.2, 0.25) is 0 Å². The second-order valence-corrected chi connectivity index (χ2v) is 6.24. The van der Waals surface area contributed by atoms with Gasteiger partial charge in [-0.15, -0.1) is 0 Å². The topological polar surface area (TPSA) is 32.7 Å². The number of aliphatic hydroxyl groups excluding tert-OH is 1. The molecule has 1 N–H and O–H groups in total. The average Bonchev–Trinajstić information content (AvgIpc) is 2.38. The van der Waals surface area contributed by atoms with Crippen LogP contribution < -0.4 is 0 Å². The van der Waals surface area contributed by atoms with Gasteiger partial charge < -0.3 is 14.7 Å². The number of piperidine rings is 1. The summed E-state index contributed by atoms with van der Waals surface area (Å²) in [5.74, 6) is 0.794. The molecular formula is C15H29NO2. The highest BCUT2D eigenvalue weighted by molar-refractivity contribution is 4.72. The van der Waals surface area contributed by atoms with E-state index < -0.39 is 0 Å². The van der Waals surface area contributed by atoms with Gasteiger partial charge in [-0.25, -0.2) is 0 Å². The number of nitrogens with zero attached hydrogens (tertiary/aromatic N) is 1. The van der Waals surface area contributed by atoms with Crippen molar-refractivity contribution in [2.75, 3.05) is 26.2 Å². The van der Waals surface area contributed by atoms with E-state index in [2.05, 4.69) is 11.8 Å². The lowest BCUT2D eigenvalue weighted by Crippen LogP contribution is -2.39. The van der Waals surface area contributed by atoms with E-state index in [-0.39, 0.29) is 6.10 Å². The van der Waals surface area contributed by atoms with Crippen LogP contribution in [0.15, 0.2) is 0 Å². The molecule has 0 radical (unpaired) electrons. The minimum absolute atomic E-state index is 0.305. The van der Waals surface area contributed by atoms with Gasteiger partial charge in [-0.1, -0.05) is 26.2 Å². The van der Waals surface area contributed by atoms with Crippen LogP contribution >= 0.6 is 0 Å². The molecule has 3 heteroatoms. The molecule has 1 heterocycles. The molecule has 1 saturated carbocycles. The zero-order valence-electron chi connectivity index (χ0n) is 11.8. The number of aliphatic hydroxyl groups is 1. The molecule has 0 bridgehead atoms. The first-order chi connectivity index (χ1) is 8.74. The van der Waals surface area contributed by atoms with E-state index in [1.807, 2.05) is 0 Å². The van der Waals surface area contributed by atoms with Crippen LogP contribution in [0.2, 0.25) is 0 Å². The van der Waals surface area contributed by atoms with E-state index in [9.17, 15) is 5.11 Å². The number of rotatable bonds is 5. The first-order valence-corrected chi connectivity index (χ1v) is 7.76. The van der Waals surface area contributed by atoms with Crippen molar-refractivity contribution in [2.24, 2.45) is 5.92 Å². The smallest absolute Gasteiger partial charge is 0.0900 e. The summed E-state index contributed by atoms with van der Waals surface area (Å²) in [4.78, 5) is 2.38. The molecule has 1 aliphatic carbocycles. The zero-order chi connectivity index (χ0) is 12.8. The molecule has 2 fully saturated rings. The Hall–Kier alpha value is -0.120. The summed E-state index contributed by atoms with van der Waals surface area (Å²) in [6.45, 7) is 5.92. The van der Waals surface area contributed by atoms with Crippen molar-refractivity contribution >= 4 is 0 Å². The summed E-state index contributed by atoms with van der Waals surface area (Å²) < 4.78 is 5.88. The Labute approximate surface area is 112 Å². The lowest BCUT2D eigenvalue weighted by atomic mass is 9.89. The van der Waals surface area contributed by atoms with Crippen LogP contribution in [0.5, 0.6) is 0 Å². The van der Waals surface area contributed by atoms with Gasteiger partial charge >= 0.3 is 0 Å². The second kappa shape index (κ2) is 7.46. The van der Waals surface area contributed by atoms with Crippen LogP contribution in [0.25, 0.3) is 0 Å². The number of hydrogen-bond donors (Lipinski definition) is 1. The highest BCUT2D eigenvalue weighted by Gasteiger charge is 2.21. The zero-order valence-corrected chi connectivity index (χ0v) is 11.8. The molecule has 2 unspecified atom stereocenters. The molecule has 18 heavy (non-hydrogen) atoms. The molecule has 2 rings (SSSR count). The van der Waals surface area contributed by atoms with E-state index in [0.717, 1.165) is 25.6 Å². The first kappa shape index (κ1) is 14.3. The monoisotopic (exact) mass is 255 g/mol. The van der Waals surface area contributed by atoms with Gasteiger partial charge in [0.25, 0.3) is 0 Å².